The van der Waals surface area contributed by atoms with Gasteiger partial charge in [-0.25, -0.2) is 9.37 Å². The topological polar surface area (TPSA) is 53.5 Å². The van der Waals surface area contributed by atoms with E-state index in [4.69, 9.17) is 0 Å². The maximum atomic E-state index is 13.6. The van der Waals surface area contributed by atoms with Gasteiger partial charge in [0.15, 0.2) is 0 Å². The van der Waals surface area contributed by atoms with Crippen molar-refractivity contribution in [3.8, 4) is 11.1 Å². The molecule has 0 unspecified atom stereocenters. The molecule has 0 atom stereocenters. The number of hydrogen-bond acceptors (Lipinski definition) is 4. The largest absolute Gasteiger partial charge is 0.338 e. The lowest BCUT2D eigenvalue weighted by atomic mass is 9.79. The molecular formula is C25H24FN3O2S. The third-order valence-electron chi connectivity index (χ3n) is 6.61. The average molecular weight is 450 g/mol. The van der Waals surface area contributed by atoms with Crippen LogP contribution in [0.1, 0.15) is 33.7 Å². The van der Waals surface area contributed by atoms with E-state index in [0.717, 1.165) is 50.1 Å². The molecule has 1 aromatic heterocycles. The van der Waals surface area contributed by atoms with Crippen LogP contribution in [0.4, 0.5) is 4.39 Å². The van der Waals surface area contributed by atoms with Crippen molar-refractivity contribution in [2.45, 2.75) is 12.8 Å². The van der Waals surface area contributed by atoms with Crippen LogP contribution >= 0.6 is 11.3 Å². The number of aromatic nitrogens is 1. The number of thiazole rings is 1. The smallest absolute Gasteiger partial charge is 0.273 e. The molecular weight excluding hydrogens is 425 g/mol. The summed E-state index contributed by atoms with van der Waals surface area (Å²) in [5.74, 6) is 0.784. The average Bonchev–Trinajstić information content (AvgIpc) is 3.33. The van der Waals surface area contributed by atoms with Gasteiger partial charge in [0.05, 0.1) is 5.51 Å². The Balaban J connectivity index is 1.16. The second-order valence-corrected chi connectivity index (χ2v) is 9.28. The number of rotatable bonds is 4. The van der Waals surface area contributed by atoms with Crippen molar-refractivity contribution in [3.05, 3.63) is 76.5 Å². The van der Waals surface area contributed by atoms with Crippen molar-refractivity contribution in [2.75, 3.05) is 26.2 Å². The van der Waals surface area contributed by atoms with E-state index in [0.29, 0.717) is 23.1 Å². The van der Waals surface area contributed by atoms with E-state index in [1.165, 1.54) is 23.5 Å². The Hall–Kier alpha value is -3.06. The summed E-state index contributed by atoms with van der Waals surface area (Å²) < 4.78 is 13.6. The summed E-state index contributed by atoms with van der Waals surface area (Å²) in [6.07, 6.45) is 1.94. The third-order valence-corrected chi connectivity index (χ3v) is 7.20. The first kappa shape index (κ1) is 20.8. The molecule has 0 radical (unpaired) electrons. The summed E-state index contributed by atoms with van der Waals surface area (Å²) in [6.45, 7) is 3.02. The molecule has 0 saturated carbocycles. The molecule has 0 spiro atoms. The van der Waals surface area contributed by atoms with Crippen LogP contribution in [0.15, 0.2) is 59.4 Å². The summed E-state index contributed by atoms with van der Waals surface area (Å²) in [7, 11) is 0. The van der Waals surface area contributed by atoms with Gasteiger partial charge in [0.2, 0.25) is 0 Å². The van der Waals surface area contributed by atoms with E-state index in [1.54, 1.807) is 17.0 Å². The van der Waals surface area contributed by atoms with Gasteiger partial charge in [-0.05, 0) is 60.1 Å². The van der Waals surface area contributed by atoms with Crippen LogP contribution in [0, 0.1) is 17.7 Å². The first-order valence-corrected chi connectivity index (χ1v) is 11.9. The lowest BCUT2D eigenvalue weighted by molar-refractivity contribution is 0.0227. The number of carbonyl (C=O) groups is 2. The molecule has 3 heterocycles. The highest BCUT2D eigenvalue weighted by atomic mass is 32.1. The SMILES string of the molecule is O=C(c1cccc(-c2cccc(F)c2)c1)N1CC(C2CCN(C(=O)c3cscn3)CC2)C1. The molecule has 2 fully saturated rings. The van der Waals surface area contributed by atoms with Crippen molar-refractivity contribution in [1.82, 2.24) is 14.8 Å². The molecule has 5 nitrogen and oxygen atoms in total. The number of carbonyl (C=O) groups excluding carboxylic acids is 2. The maximum Gasteiger partial charge on any atom is 0.273 e. The van der Waals surface area contributed by atoms with E-state index >= 15 is 0 Å². The zero-order chi connectivity index (χ0) is 22.1. The van der Waals surface area contributed by atoms with E-state index in [1.807, 2.05) is 40.1 Å². The highest BCUT2D eigenvalue weighted by molar-refractivity contribution is 7.07. The van der Waals surface area contributed by atoms with Crippen LogP contribution in [0.25, 0.3) is 11.1 Å². The number of piperidine rings is 1. The fourth-order valence-corrected chi connectivity index (χ4v) is 5.24. The third kappa shape index (κ3) is 4.17. The predicted molar refractivity (Wildman–Crippen MR) is 122 cm³/mol. The standard InChI is InChI=1S/C25H24FN3O2S/c26-22-6-2-4-19(12-22)18-3-1-5-20(11-18)24(30)29-13-21(14-29)17-7-9-28(10-8-17)25(31)23-15-32-16-27-23/h1-6,11-12,15-17,21H,7-10,13-14H2. The monoisotopic (exact) mass is 449 g/mol. The van der Waals surface area contributed by atoms with Crippen molar-refractivity contribution in [3.63, 3.8) is 0 Å². The van der Waals surface area contributed by atoms with Gasteiger partial charge in [-0.2, -0.15) is 0 Å². The fraction of sp³-hybridized carbons (Fsp3) is 0.320. The number of benzene rings is 2. The Morgan fingerprint density at radius 2 is 1.62 bits per heavy atom. The fourth-order valence-electron chi connectivity index (χ4n) is 4.71. The molecule has 0 N–H and O–H groups in total. The van der Waals surface area contributed by atoms with Gasteiger partial charge in [0.1, 0.15) is 11.5 Å². The van der Waals surface area contributed by atoms with Gasteiger partial charge in [-0.3, -0.25) is 9.59 Å². The summed E-state index contributed by atoms with van der Waals surface area (Å²) in [6, 6.07) is 13.8. The zero-order valence-electron chi connectivity index (χ0n) is 17.6. The van der Waals surface area contributed by atoms with Crippen molar-refractivity contribution in [2.24, 2.45) is 11.8 Å². The minimum absolute atomic E-state index is 0.0216. The predicted octanol–water partition coefficient (Wildman–Crippen LogP) is 4.57. The zero-order valence-corrected chi connectivity index (χ0v) is 18.4. The van der Waals surface area contributed by atoms with E-state index in [-0.39, 0.29) is 17.6 Å². The summed E-state index contributed by atoms with van der Waals surface area (Å²) in [5, 5.41) is 1.80. The minimum Gasteiger partial charge on any atom is -0.338 e. The van der Waals surface area contributed by atoms with Crippen LogP contribution in [-0.4, -0.2) is 52.8 Å². The molecule has 164 valence electrons. The summed E-state index contributed by atoms with van der Waals surface area (Å²) in [5.41, 5.74) is 4.46. The van der Waals surface area contributed by atoms with Crippen molar-refractivity contribution >= 4 is 23.2 Å². The van der Waals surface area contributed by atoms with Gasteiger partial charge in [0.25, 0.3) is 11.8 Å². The Labute approximate surface area is 190 Å². The van der Waals surface area contributed by atoms with Crippen LogP contribution in [-0.2, 0) is 0 Å². The lowest BCUT2D eigenvalue weighted by Crippen LogP contribution is -2.54. The van der Waals surface area contributed by atoms with Crippen LogP contribution in [0.3, 0.4) is 0 Å². The molecule has 0 aliphatic carbocycles. The normalized spacial score (nSPS) is 17.3. The van der Waals surface area contributed by atoms with Crippen molar-refractivity contribution < 1.29 is 14.0 Å². The second kappa shape index (κ2) is 8.82. The Morgan fingerprint density at radius 1 is 0.906 bits per heavy atom. The van der Waals surface area contributed by atoms with Gasteiger partial charge in [-0.15, -0.1) is 11.3 Å². The molecule has 0 bridgehead atoms. The highest BCUT2D eigenvalue weighted by Gasteiger charge is 2.38. The molecule has 2 amide bonds. The molecule has 2 aliphatic rings. The first-order chi connectivity index (χ1) is 15.6. The Morgan fingerprint density at radius 3 is 2.31 bits per heavy atom. The van der Waals surface area contributed by atoms with Gasteiger partial charge in [0, 0.05) is 37.1 Å². The highest BCUT2D eigenvalue weighted by Crippen LogP contribution is 2.33. The molecule has 3 aromatic rings. The molecule has 32 heavy (non-hydrogen) atoms. The summed E-state index contributed by atoms with van der Waals surface area (Å²) >= 11 is 1.44. The second-order valence-electron chi connectivity index (χ2n) is 8.56. The minimum atomic E-state index is -0.288. The number of likely N-dealkylation sites (tertiary alicyclic amines) is 2. The van der Waals surface area contributed by atoms with E-state index < -0.39 is 0 Å². The number of halogens is 1. The maximum absolute atomic E-state index is 13.6. The van der Waals surface area contributed by atoms with E-state index in [9.17, 15) is 14.0 Å². The number of amides is 2. The Kier molecular flexibility index (Phi) is 5.74. The first-order valence-electron chi connectivity index (χ1n) is 10.9. The van der Waals surface area contributed by atoms with E-state index in [2.05, 4.69) is 4.98 Å². The van der Waals surface area contributed by atoms with Crippen LogP contribution < -0.4 is 0 Å². The van der Waals surface area contributed by atoms with Gasteiger partial charge < -0.3 is 9.80 Å². The number of nitrogens with zero attached hydrogens (tertiary/aromatic N) is 3. The van der Waals surface area contributed by atoms with Gasteiger partial charge in [-0.1, -0.05) is 24.3 Å². The number of hydrogen-bond donors (Lipinski definition) is 0. The van der Waals surface area contributed by atoms with Crippen LogP contribution in [0.2, 0.25) is 0 Å². The van der Waals surface area contributed by atoms with Crippen LogP contribution in [0.5, 0.6) is 0 Å². The molecule has 2 aromatic carbocycles. The molecule has 2 aliphatic heterocycles. The molecule has 7 heteroatoms. The summed E-state index contributed by atoms with van der Waals surface area (Å²) in [4.78, 5) is 33.3. The quantitative estimate of drug-likeness (QED) is 0.586. The Bertz CT molecular complexity index is 1120. The molecule has 2 saturated heterocycles. The van der Waals surface area contributed by atoms with Crippen molar-refractivity contribution in [1.29, 1.82) is 0 Å². The lowest BCUT2D eigenvalue weighted by Gasteiger charge is -2.46. The van der Waals surface area contributed by atoms with Gasteiger partial charge >= 0.3 is 0 Å². The molecule has 5 rings (SSSR count).